The first-order valence-electron chi connectivity index (χ1n) is 21.0. The van der Waals surface area contributed by atoms with Crippen LogP contribution in [0.4, 0.5) is 0 Å². The van der Waals surface area contributed by atoms with Crippen molar-refractivity contribution in [1.82, 2.24) is 19.5 Å². The van der Waals surface area contributed by atoms with Crippen LogP contribution in [0.1, 0.15) is 12.2 Å². The summed E-state index contributed by atoms with van der Waals surface area (Å²) in [6, 6.07) is 46.3. The second-order valence-corrected chi connectivity index (χ2v) is 21.4. The molecule has 6 aromatic carbocycles. The number of allylic oxidation sites excluding steroid dienone is 14. The van der Waals surface area contributed by atoms with Gasteiger partial charge < -0.3 is 4.57 Å². The lowest BCUT2D eigenvalue weighted by Crippen LogP contribution is -2.49. The maximum atomic E-state index is 5.57. The molecule has 1 aliphatic heterocycles. The van der Waals surface area contributed by atoms with Crippen LogP contribution in [-0.2, 0) is 0 Å². The van der Waals surface area contributed by atoms with Crippen molar-refractivity contribution in [1.29, 1.82) is 0 Å². The first-order chi connectivity index (χ1) is 29.5. The zero-order valence-electron chi connectivity index (χ0n) is 33.3. The van der Waals surface area contributed by atoms with Crippen molar-refractivity contribution < 1.29 is 0 Å². The molecular formula is C55H38N4Si. The van der Waals surface area contributed by atoms with E-state index >= 15 is 0 Å². The first kappa shape index (κ1) is 33.7. The summed E-state index contributed by atoms with van der Waals surface area (Å²) in [6.45, 7) is 5.05. The van der Waals surface area contributed by atoms with Crippen LogP contribution in [0.5, 0.6) is 0 Å². The molecular weight excluding hydrogens is 745 g/mol. The zero-order chi connectivity index (χ0) is 39.7. The molecule has 0 fully saturated rings. The van der Waals surface area contributed by atoms with Gasteiger partial charge in [-0.25, -0.2) is 15.0 Å². The van der Waals surface area contributed by atoms with Crippen LogP contribution in [0.3, 0.4) is 0 Å². The third-order valence-electron chi connectivity index (χ3n) is 13.5. The molecule has 8 aromatic rings. The van der Waals surface area contributed by atoms with Crippen LogP contribution in [0.2, 0.25) is 13.1 Å². The Labute approximate surface area is 349 Å². The quantitative estimate of drug-likeness (QED) is 0.167. The molecule has 0 bridgehead atoms. The number of rotatable bonds is 4. The number of fused-ring (bicyclic) bond motifs is 9. The number of para-hydroxylation sites is 2. The fraction of sp³-hybridized carbons (Fsp3) is 0.0727. The Balaban J connectivity index is 1.14. The van der Waals surface area contributed by atoms with Crippen LogP contribution in [-0.4, -0.2) is 27.6 Å². The van der Waals surface area contributed by atoms with E-state index in [9.17, 15) is 0 Å². The smallest absolute Gasteiger partial charge is 0.164 e. The Hall–Kier alpha value is -7.21. The fourth-order valence-corrected chi connectivity index (χ4v) is 14.4. The average molecular weight is 783 g/mol. The highest BCUT2D eigenvalue weighted by Gasteiger charge is 2.40. The highest BCUT2D eigenvalue weighted by Crippen LogP contribution is 2.51. The lowest BCUT2D eigenvalue weighted by Gasteiger charge is -2.36. The molecule has 13 rings (SSSR count). The third-order valence-corrected chi connectivity index (χ3v) is 17.1. The maximum absolute atomic E-state index is 5.57. The van der Waals surface area contributed by atoms with Crippen molar-refractivity contribution in [3.63, 3.8) is 0 Å². The van der Waals surface area contributed by atoms with Gasteiger partial charge in [-0.1, -0.05) is 165 Å². The number of nitrogens with zero attached hydrogens (tertiary/aromatic N) is 4. The van der Waals surface area contributed by atoms with Crippen LogP contribution in [0.25, 0.3) is 77.7 Å². The van der Waals surface area contributed by atoms with Gasteiger partial charge in [-0.3, -0.25) is 0 Å². The second kappa shape index (κ2) is 12.4. The van der Waals surface area contributed by atoms with E-state index < -0.39 is 8.07 Å². The summed E-state index contributed by atoms with van der Waals surface area (Å²) in [4.78, 5) is 16.3. The highest BCUT2D eigenvalue weighted by molar-refractivity contribution is 7.05. The van der Waals surface area contributed by atoms with Crippen molar-refractivity contribution in [3.05, 3.63) is 210 Å². The predicted molar refractivity (Wildman–Crippen MR) is 250 cm³/mol. The number of hydrogen-bond donors (Lipinski definition) is 0. The van der Waals surface area contributed by atoms with Gasteiger partial charge in [0.05, 0.1) is 11.0 Å². The van der Waals surface area contributed by atoms with E-state index in [0.29, 0.717) is 17.5 Å². The first-order valence-corrected chi connectivity index (χ1v) is 24.0. The summed E-state index contributed by atoms with van der Waals surface area (Å²) >= 11 is 0. The van der Waals surface area contributed by atoms with Gasteiger partial charge in [0.15, 0.2) is 17.5 Å². The summed E-state index contributed by atoms with van der Waals surface area (Å²) in [5.41, 5.74) is 15.9. The molecule has 1 atom stereocenters. The average Bonchev–Trinajstić information content (AvgIpc) is 3.76. The van der Waals surface area contributed by atoms with E-state index in [2.05, 4.69) is 188 Å². The molecule has 2 aromatic heterocycles. The third kappa shape index (κ3) is 4.64. The van der Waals surface area contributed by atoms with Gasteiger partial charge >= 0.3 is 0 Å². The maximum Gasteiger partial charge on any atom is 0.164 e. The normalized spacial score (nSPS) is 17.9. The molecule has 0 N–H and O–H groups in total. The molecule has 60 heavy (non-hydrogen) atoms. The number of benzene rings is 6. The monoisotopic (exact) mass is 782 g/mol. The van der Waals surface area contributed by atoms with Crippen LogP contribution < -0.4 is 10.4 Å². The van der Waals surface area contributed by atoms with Crippen LogP contribution in [0.15, 0.2) is 204 Å². The van der Waals surface area contributed by atoms with E-state index in [-0.39, 0.29) is 5.92 Å². The van der Waals surface area contributed by atoms with Gasteiger partial charge in [-0.15, -0.1) is 0 Å². The van der Waals surface area contributed by atoms with Crippen molar-refractivity contribution in [2.75, 3.05) is 0 Å². The van der Waals surface area contributed by atoms with Gasteiger partial charge in [0, 0.05) is 39.1 Å². The van der Waals surface area contributed by atoms with E-state index in [4.69, 9.17) is 15.0 Å². The Morgan fingerprint density at radius 3 is 2.23 bits per heavy atom. The van der Waals surface area contributed by atoms with Gasteiger partial charge in [0.2, 0.25) is 0 Å². The molecule has 0 radical (unpaired) electrons. The van der Waals surface area contributed by atoms with Crippen molar-refractivity contribution in [2.24, 2.45) is 5.92 Å². The molecule has 4 aliphatic carbocycles. The summed E-state index contributed by atoms with van der Waals surface area (Å²) in [5.74, 6) is 2.20. The minimum atomic E-state index is -2.19. The largest absolute Gasteiger partial charge is 0.309 e. The Morgan fingerprint density at radius 1 is 0.583 bits per heavy atom. The molecule has 3 heterocycles. The molecule has 0 saturated carbocycles. The van der Waals surface area contributed by atoms with E-state index in [1.807, 2.05) is 6.07 Å². The fourth-order valence-electron chi connectivity index (χ4n) is 10.9. The standard InChI is InChI=1S/C55H38N4Si/c1-60(2)47-23-12-10-20-38(47)41-31-30-40-44(32-46-50(51(40)52(41)60)43-21-9-11-22-45(43)59(46)37-18-7-4-8-19-37)55-57-53(36-14-5-3-6-15-36)56-54(58-55)42-29-27-35-25-24-33-16-13-17-34-26-28-39(42)49(35)48(33)34/h3-16,18-32,49H,17H2,1-2H3. The van der Waals surface area contributed by atoms with Gasteiger partial charge in [-0.05, 0) is 90.8 Å². The molecule has 4 nitrogen and oxygen atoms in total. The summed E-state index contributed by atoms with van der Waals surface area (Å²) in [7, 11) is -2.19. The lowest BCUT2D eigenvalue weighted by molar-refractivity contribution is 0.832. The SMILES string of the molecule is C[Si]1(C)c2ccccc2-c2ccc3c(-c4nc(C5=CC=C6C=CC7=C8C(=CC=C5C68)CC=C7)nc(-c5ccccc5)n4)cc4c(c5ccccc5n4-c4ccccc4)c3c21. The number of aromatic nitrogens is 4. The lowest BCUT2D eigenvalue weighted by atomic mass is 9.67. The molecule has 1 unspecified atom stereocenters. The second-order valence-electron chi connectivity index (χ2n) is 17.1. The molecule has 0 saturated heterocycles. The minimum Gasteiger partial charge on any atom is -0.309 e. The molecule has 0 amide bonds. The van der Waals surface area contributed by atoms with Crippen LogP contribution >= 0.6 is 0 Å². The predicted octanol–water partition coefficient (Wildman–Crippen LogP) is 11.9. The van der Waals surface area contributed by atoms with Crippen molar-refractivity contribution in [3.8, 4) is 39.6 Å². The minimum absolute atomic E-state index is 0.158. The zero-order valence-corrected chi connectivity index (χ0v) is 34.3. The van der Waals surface area contributed by atoms with Crippen molar-refractivity contribution in [2.45, 2.75) is 19.5 Å². The number of hydrogen-bond acceptors (Lipinski definition) is 3. The molecule has 282 valence electrons. The Morgan fingerprint density at radius 2 is 1.35 bits per heavy atom. The van der Waals surface area contributed by atoms with E-state index in [1.165, 1.54) is 76.4 Å². The van der Waals surface area contributed by atoms with Crippen LogP contribution in [0, 0.1) is 5.92 Å². The Kier molecular flexibility index (Phi) is 6.97. The highest BCUT2D eigenvalue weighted by atomic mass is 28.3. The van der Waals surface area contributed by atoms with E-state index in [1.54, 1.807) is 0 Å². The topological polar surface area (TPSA) is 43.6 Å². The van der Waals surface area contributed by atoms with Crippen molar-refractivity contribution >= 4 is 56.6 Å². The van der Waals surface area contributed by atoms with Gasteiger partial charge in [-0.2, -0.15) is 0 Å². The van der Waals surface area contributed by atoms with Gasteiger partial charge in [0.25, 0.3) is 0 Å². The summed E-state index contributed by atoms with van der Waals surface area (Å²) in [5, 5.41) is 8.01. The summed E-state index contributed by atoms with van der Waals surface area (Å²) in [6.07, 6.45) is 19.2. The summed E-state index contributed by atoms with van der Waals surface area (Å²) < 4.78 is 2.44. The molecule has 5 heteroatoms. The molecule has 5 aliphatic rings. The van der Waals surface area contributed by atoms with E-state index in [0.717, 1.165) is 34.3 Å². The molecule has 0 spiro atoms. The van der Waals surface area contributed by atoms with Gasteiger partial charge in [0.1, 0.15) is 8.07 Å². The Bertz CT molecular complexity index is 3460.